The summed E-state index contributed by atoms with van der Waals surface area (Å²) in [6.07, 6.45) is 1.71. The van der Waals surface area contributed by atoms with E-state index in [4.69, 9.17) is 9.47 Å². The Morgan fingerprint density at radius 3 is 2.72 bits per heavy atom. The molecule has 25 heavy (non-hydrogen) atoms. The summed E-state index contributed by atoms with van der Waals surface area (Å²) < 4.78 is 12.8. The largest absolute Gasteiger partial charge is 0.482 e. The van der Waals surface area contributed by atoms with Gasteiger partial charge in [-0.05, 0) is 42.8 Å². The number of fused-ring (bicyclic) bond motifs is 1. The molecule has 0 amide bonds. The van der Waals surface area contributed by atoms with E-state index >= 15 is 0 Å². The van der Waals surface area contributed by atoms with Crippen molar-refractivity contribution in [3.63, 3.8) is 0 Å². The number of carbonyl (C=O) groups excluding carboxylic acids is 1. The highest BCUT2D eigenvalue weighted by Gasteiger charge is 2.08. The van der Waals surface area contributed by atoms with E-state index in [1.807, 2.05) is 25.1 Å². The molecule has 0 atom stereocenters. The number of nitrogens with zero attached hydrogens (tertiary/aromatic N) is 2. The second kappa shape index (κ2) is 7.48. The average Bonchev–Trinajstić information content (AvgIpc) is 2.60. The molecule has 0 spiro atoms. The van der Waals surface area contributed by atoms with Crippen molar-refractivity contribution in [3.8, 4) is 5.75 Å². The van der Waals surface area contributed by atoms with E-state index in [2.05, 4.69) is 20.9 Å². The zero-order chi connectivity index (χ0) is 17.8. The Balaban J connectivity index is 1.60. The first kappa shape index (κ1) is 17.2. The molecular formula is C18H15BrN2O4. The molecule has 0 fully saturated rings. The minimum atomic E-state index is -0.533. The van der Waals surface area contributed by atoms with E-state index in [1.54, 1.807) is 24.4 Å². The van der Waals surface area contributed by atoms with Gasteiger partial charge in [0.15, 0.2) is 6.61 Å². The van der Waals surface area contributed by atoms with Gasteiger partial charge < -0.3 is 9.47 Å². The van der Waals surface area contributed by atoms with Crippen LogP contribution in [-0.2, 0) is 16.1 Å². The number of benzene rings is 1. The van der Waals surface area contributed by atoms with Gasteiger partial charge in [0, 0.05) is 16.7 Å². The van der Waals surface area contributed by atoms with Crippen LogP contribution in [0.5, 0.6) is 5.75 Å². The van der Waals surface area contributed by atoms with Gasteiger partial charge in [-0.25, -0.2) is 9.78 Å². The summed E-state index contributed by atoms with van der Waals surface area (Å²) >= 11 is 3.32. The molecule has 0 unspecified atom stereocenters. The van der Waals surface area contributed by atoms with Crippen LogP contribution < -0.4 is 10.3 Å². The molecule has 0 N–H and O–H groups in total. The molecule has 0 aliphatic rings. The standard InChI is InChI=1S/C18H15BrN2O4/c1-12-2-7-16-20-14(8-17(22)21(16)9-12)10-25-18(23)11-24-15-5-3-13(19)4-6-15/h2-9H,10-11H2,1H3. The Labute approximate surface area is 152 Å². The highest BCUT2D eigenvalue weighted by molar-refractivity contribution is 9.10. The maximum Gasteiger partial charge on any atom is 0.344 e. The number of pyridine rings is 1. The molecule has 0 saturated carbocycles. The van der Waals surface area contributed by atoms with E-state index < -0.39 is 5.97 Å². The molecule has 0 saturated heterocycles. The number of halogens is 1. The van der Waals surface area contributed by atoms with Gasteiger partial charge in [0.2, 0.25) is 0 Å². The molecule has 0 radical (unpaired) electrons. The van der Waals surface area contributed by atoms with E-state index in [0.29, 0.717) is 17.1 Å². The van der Waals surface area contributed by atoms with E-state index in [0.717, 1.165) is 10.0 Å². The van der Waals surface area contributed by atoms with Crippen LogP contribution in [0.15, 0.2) is 57.9 Å². The third-order valence-corrected chi connectivity index (χ3v) is 3.94. The summed E-state index contributed by atoms with van der Waals surface area (Å²) in [4.78, 5) is 28.2. The highest BCUT2D eigenvalue weighted by atomic mass is 79.9. The number of rotatable bonds is 5. The minimum Gasteiger partial charge on any atom is -0.482 e. The molecule has 7 heteroatoms. The molecular weight excluding hydrogens is 388 g/mol. The number of esters is 1. The Hall–Kier alpha value is -2.67. The first-order chi connectivity index (χ1) is 12.0. The summed E-state index contributed by atoms with van der Waals surface area (Å²) in [5.74, 6) is 0.0337. The first-order valence-corrected chi connectivity index (χ1v) is 8.33. The van der Waals surface area contributed by atoms with Crippen LogP contribution >= 0.6 is 15.9 Å². The van der Waals surface area contributed by atoms with Gasteiger partial charge in [0.05, 0.1) is 5.69 Å². The van der Waals surface area contributed by atoms with Gasteiger partial charge >= 0.3 is 5.97 Å². The zero-order valence-electron chi connectivity index (χ0n) is 13.4. The Bertz CT molecular complexity index is 967. The number of ether oxygens (including phenoxy) is 2. The van der Waals surface area contributed by atoms with Gasteiger partial charge in [-0.15, -0.1) is 0 Å². The molecule has 3 aromatic rings. The van der Waals surface area contributed by atoms with Crippen LogP contribution in [0.1, 0.15) is 11.3 Å². The Morgan fingerprint density at radius 1 is 1.20 bits per heavy atom. The highest BCUT2D eigenvalue weighted by Crippen LogP contribution is 2.16. The topological polar surface area (TPSA) is 69.9 Å². The fourth-order valence-electron chi connectivity index (χ4n) is 2.20. The maximum absolute atomic E-state index is 12.1. The molecule has 0 aliphatic carbocycles. The SMILES string of the molecule is Cc1ccc2nc(COC(=O)COc3ccc(Br)cc3)cc(=O)n2c1. The number of hydrogen-bond acceptors (Lipinski definition) is 5. The second-order valence-corrected chi connectivity index (χ2v) is 6.34. The monoisotopic (exact) mass is 402 g/mol. The fraction of sp³-hybridized carbons (Fsp3) is 0.167. The second-order valence-electron chi connectivity index (χ2n) is 5.42. The van der Waals surface area contributed by atoms with Crippen molar-refractivity contribution < 1.29 is 14.3 Å². The number of aryl methyl sites for hydroxylation is 1. The number of aromatic nitrogens is 2. The van der Waals surface area contributed by atoms with Gasteiger partial charge in [0.1, 0.15) is 18.0 Å². The maximum atomic E-state index is 12.1. The lowest BCUT2D eigenvalue weighted by Crippen LogP contribution is -2.18. The predicted octanol–water partition coefficient (Wildman–Crippen LogP) is 2.89. The van der Waals surface area contributed by atoms with E-state index in [-0.39, 0.29) is 18.8 Å². The van der Waals surface area contributed by atoms with Crippen molar-refractivity contribution in [3.05, 3.63) is 74.7 Å². The lowest BCUT2D eigenvalue weighted by atomic mass is 10.3. The number of carbonyl (C=O) groups is 1. The normalized spacial score (nSPS) is 10.6. The van der Waals surface area contributed by atoms with Crippen molar-refractivity contribution in [1.29, 1.82) is 0 Å². The van der Waals surface area contributed by atoms with Gasteiger partial charge in [-0.1, -0.05) is 22.0 Å². The van der Waals surface area contributed by atoms with Crippen molar-refractivity contribution in [1.82, 2.24) is 9.38 Å². The van der Waals surface area contributed by atoms with E-state index in [1.165, 1.54) is 10.5 Å². The molecule has 2 aromatic heterocycles. The number of hydrogen-bond donors (Lipinski definition) is 0. The van der Waals surface area contributed by atoms with Crippen LogP contribution in [0.3, 0.4) is 0 Å². The van der Waals surface area contributed by atoms with Gasteiger partial charge in [-0.3, -0.25) is 9.20 Å². The Kier molecular flexibility index (Phi) is 5.14. The molecule has 1 aromatic carbocycles. The van der Waals surface area contributed by atoms with Gasteiger partial charge in [0.25, 0.3) is 5.56 Å². The van der Waals surface area contributed by atoms with Crippen molar-refractivity contribution in [2.45, 2.75) is 13.5 Å². The third-order valence-electron chi connectivity index (χ3n) is 3.41. The van der Waals surface area contributed by atoms with Gasteiger partial charge in [-0.2, -0.15) is 0 Å². The van der Waals surface area contributed by atoms with Crippen molar-refractivity contribution in [2.75, 3.05) is 6.61 Å². The molecule has 0 aliphatic heterocycles. The van der Waals surface area contributed by atoms with Crippen molar-refractivity contribution in [2.24, 2.45) is 0 Å². The van der Waals surface area contributed by atoms with Crippen LogP contribution in [0.25, 0.3) is 5.65 Å². The predicted molar refractivity (Wildman–Crippen MR) is 95.6 cm³/mol. The summed E-state index contributed by atoms with van der Waals surface area (Å²) in [5.41, 5.74) is 1.65. The summed E-state index contributed by atoms with van der Waals surface area (Å²) in [6.45, 7) is 1.60. The minimum absolute atomic E-state index is 0.0812. The van der Waals surface area contributed by atoms with Crippen LogP contribution in [0.4, 0.5) is 0 Å². The van der Waals surface area contributed by atoms with Crippen LogP contribution in [0.2, 0.25) is 0 Å². The summed E-state index contributed by atoms with van der Waals surface area (Å²) in [7, 11) is 0. The molecule has 3 rings (SSSR count). The molecule has 2 heterocycles. The lowest BCUT2D eigenvalue weighted by Gasteiger charge is -2.08. The van der Waals surface area contributed by atoms with E-state index in [9.17, 15) is 9.59 Å². The zero-order valence-corrected chi connectivity index (χ0v) is 15.0. The van der Waals surface area contributed by atoms with Crippen LogP contribution in [-0.4, -0.2) is 22.0 Å². The summed E-state index contributed by atoms with van der Waals surface area (Å²) in [6, 6.07) is 12.1. The summed E-state index contributed by atoms with van der Waals surface area (Å²) in [5, 5.41) is 0. The first-order valence-electron chi connectivity index (χ1n) is 7.54. The molecule has 0 bridgehead atoms. The average molecular weight is 403 g/mol. The Morgan fingerprint density at radius 2 is 1.96 bits per heavy atom. The molecule has 128 valence electrons. The smallest absolute Gasteiger partial charge is 0.344 e. The molecule has 6 nitrogen and oxygen atoms in total. The van der Waals surface area contributed by atoms with Crippen molar-refractivity contribution >= 4 is 27.5 Å². The fourth-order valence-corrected chi connectivity index (χ4v) is 2.47. The van der Waals surface area contributed by atoms with Crippen LogP contribution in [0, 0.1) is 6.92 Å². The third kappa shape index (κ3) is 4.45. The lowest BCUT2D eigenvalue weighted by molar-refractivity contribution is -0.147. The quantitative estimate of drug-likeness (QED) is 0.613.